The van der Waals surface area contributed by atoms with E-state index in [-0.39, 0.29) is 42.5 Å². The van der Waals surface area contributed by atoms with Crippen LogP contribution < -0.4 is 4.90 Å². The van der Waals surface area contributed by atoms with Crippen LogP contribution in [0.3, 0.4) is 0 Å². The summed E-state index contributed by atoms with van der Waals surface area (Å²) in [6, 6.07) is 10.6. The molecule has 0 radical (unpaired) electrons. The highest BCUT2D eigenvalue weighted by Crippen LogP contribution is 2.36. The van der Waals surface area contributed by atoms with Gasteiger partial charge in [-0.15, -0.1) is 0 Å². The molecule has 2 N–H and O–H groups in total. The van der Waals surface area contributed by atoms with Gasteiger partial charge in [-0.3, -0.25) is 4.90 Å². The second kappa shape index (κ2) is 9.68. The van der Waals surface area contributed by atoms with Gasteiger partial charge in [0.25, 0.3) is 0 Å². The zero-order chi connectivity index (χ0) is 26.3. The van der Waals surface area contributed by atoms with E-state index in [0.717, 1.165) is 6.26 Å². The molecule has 1 unspecified atom stereocenters. The van der Waals surface area contributed by atoms with Crippen molar-refractivity contribution in [1.29, 1.82) is 0 Å². The Balaban J connectivity index is 1.59. The van der Waals surface area contributed by atoms with Crippen LogP contribution in [0.15, 0.2) is 59.6 Å². The highest BCUT2D eigenvalue weighted by molar-refractivity contribution is 7.90. The highest BCUT2D eigenvalue weighted by atomic mass is 32.2. The number of aliphatic hydroxyl groups excluding tert-OH is 1. The molecular formula is C24H23F4N3O4S. The number of benzene rings is 2. The molecule has 4 rings (SSSR count). The molecule has 2 heterocycles. The van der Waals surface area contributed by atoms with Crippen molar-refractivity contribution in [2.24, 2.45) is 0 Å². The average molecular weight is 526 g/mol. The Bertz CT molecular complexity index is 1370. The summed E-state index contributed by atoms with van der Waals surface area (Å²) < 4.78 is 76.7. The molecule has 1 aliphatic rings. The van der Waals surface area contributed by atoms with Crippen LogP contribution >= 0.6 is 0 Å². The second-order valence-electron chi connectivity index (χ2n) is 8.49. The van der Waals surface area contributed by atoms with Crippen molar-refractivity contribution in [2.75, 3.05) is 37.3 Å². The third kappa shape index (κ3) is 5.45. The summed E-state index contributed by atoms with van der Waals surface area (Å²) in [6.45, 7) is 0.915. The first kappa shape index (κ1) is 25.9. The van der Waals surface area contributed by atoms with E-state index in [1.807, 2.05) is 0 Å². The third-order valence-corrected chi connectivity index (χ3v) is 7.11. The number of sulfone groups is 1. The predicted molar refractivity (Wildman–Crippen MR) is 125 cm³/mol. The van der Waals surface area contributed by atoms with Crippen molar-refractivity contribution >= 4 is 15.7 Å². The standard InChI is InChI=1S/C24H23F4N3O4S/c1-36(34,35)18-5-6-19(15-3-2-4-17(25)11-15)20(13-18)23(33)31-9-7-30(8-10-31)22-21(32)12-16(14-29-22)24(26,27)28/h2-6,11-14,23,32-33H,7-10H2,1H3. The first-order chi connectivity index (χ1) is 16.8. The van der Waals surface area contributed by atoms with Crippen LogP contribution in [-0.2, 0) is 16.0 Å². The molecule has 7 nitrogen and oxygen atoms in total. The van der Waals surface area contributed by atoms with Crippen LogP contribution in [0.2, 0.25) is 0 Å². The van der Waals surface area contributed by atoms with Crippen LogP contribution in [0.5, 0.6) is 5.75 Å². The van der Waals surface area contributed by atoms with E-state index in [9.17, 15) is 36.2 Å². The number of aromatic nitrogens is 1. The van der Waals surface area contributed by atoms with Crippen molar-refractivity contribution in [3.8, 4) is 16.9 Å². The van der Waals surface area contributed by atoms with Crippen LogP contribution in [0.4, 0.5) is 23.4 Å². The predicted octanol–water partition coefficient (Wildman–Crippen LogP) is 3.83. The molecule has 0 bridgehead atoms. The minimum Gasteiger partial charge on any atom is -0.504 e. The lowest BCUT2D eigenvalue weighted by Gasteiger charge is -2.38. The van der Waals surface area contributed by atoms with Gasteiger partial charge in [-0.25, -0.2) is 17.8 Å². The number of hydrogen-bond acceptors (Lipinski definition) is 7. The summed E-state index contributed by atoms with van der Waals surface area (Å²) in [5, 5.41) is 21.3. The molecule has 2 aromatic carbocycles. The molecule has 0 amide bonds. The smallest absolute Gasteiger partial charge is 0.418 e. The molecule has 192 valence electrons. The van der Waals surface area contributed by atoms with Crippen LogP contribution in [0, 0.1) is 5.82 Å². The van der Waals surface area contributed by atoms with E-state index in [1.165, 1.54) is 36.4 Å². The molecule has 1 saturated heterocycles. The molecule has 1 fully saturated rings. The minimum absolute atomic E-state index is 0.00309. The lowest BCUT2D eigenvalue weighted by atomic mass is 9.97. The zero-order valence-corrected chi connectivity index (χ0v) is 19.9. The van der Waals surface area contributed by atoms with Gasteiger partial charge in [0.15, 0.2) is 21.4 Å². The van der Waals surface area contributed by atoms with E-state index in [2.05, 4.69) is 4.98 Å². The first-order valence-corrected chi connectivity index (χ1v) is 12.8. The molecule has 1 aromatic heterocycles. The summed E-state index contributed by atoms with van der Waals surface area (Å²) in [5.74, 6) is -1.10. The van der Waals surface area contributed by atoms with Crippen molar-refractivity contribution < 1.29 is 36.2 Å². The number of pyridine rings is 1. The lowest BCUT2D eigenvalue weighted by Crippen LogP contribution is -2.48. The van der Waals surface area contributed by atoms with Gasteiger partial charge in [0.05, 0.1) is 10.5 Å². The maximum atomic E-state index is 13.9. The number of piperazine rings is 1. The molecule has 1 atom stereocenters. The largest absolute Gasteiger partial charge is 0.504 e. The number of anilines is 1. The summed E-state index contributed by atoms with van der Waals surface area (Å²) in [7, 11) is -3.59. The zero-order valence-electron chi connectivity index (χ0n) is 19.1. The molecular weight excluding hydrogens is 502 g/mol. The lowest BCUT2D eigenvalue weighted by molar-refractivity contribution is -0.137. The van der Waals surface area contributed by atoms with Crippen molar-refractivity contribution in [3.05, 3.63) is 71.7 Å². The van der Waals surface area contributed by atoms with Crippen LogP contribution in [0.1, 0.15) is 17.4 Å². The van der Waals surface area contributed by atoms with Gasteiger partial charge in [0.2, 0.25) is 0 Å². The van der Waals surface area contributed by atoms with Crippen molar-refractivity contribution in [2.45, 2.75) is 17.3 Å². The number of nitrogens with zero attached hydrogens (tertiary/aromatic N) is 3. The Morgan fingerprint density at radius 3 is 2.31 bits per heavy atom. The van der Waals surface area contributed by atoms with E-state index in [4.69, 9.17) is 0 Å². The second-order valence-corrected chi connectivity index (χ2v) is 10.5. The molecule has 0 aliphatic carbocycles. The summed E-state index contributed by atoms with van der Waals surface area (Å²) in [6.07, 6.45) is -4.19. The van der Waals surface area contributed by atoms with Crippen LogP contribution in [0.25, 0.3) is 11.1 Å². The SMILES string of the molecule is CS(=O)(=O)c1ccc(-c2cccc(F)c2)c(C(O)N2CCN(c3ncc(C(F)(F)F)cc3O)CC2)c1. The normalized spacial score (nSPS) is 16.2. The van der Waals surface area contributed by atoms with E-state index in [0.29, 0.717) is 23.4 Å². The molecule has 0 saturated carbocycles. The van der Waals surface area contributed by atoms with Gasteiger partial charge in [-0.1, -0.05) is 18.2 Å². The van der Waals surface area contributed by atoms with Gasteiger partial charge in [-0.05, 0) is 41.5 Å². The van der Waals surface area contributed by atoms with E-state index in [1.54, 1.807) is 15.9 Å². The van der Waals surface area contributed by atoms with Crippen molar-refractivity contribution in [3.63, 3.8) is 0 Å². The Labute approximate surface area is 205 Å². The number of aliphatic hydroxyl groups is 1. The fourth-order valence-corrected chi connectivity index (χ4v) is 4.78. The Morgan fingerprint density at radius 1 is 1.03 bits per heavy atom. The number of aromatic hydroxyl groups is 1. The first-order valence-electron chi connectivity index (χ1n) is 10.9. The highest BCUT2D eigenvalue weighted by Gasteiger charge is 2.33. The summed E-state index contributed by atoms with van der Waals surface area (Å²) in [4.78, 5) is 7.02. The fraction of sp³-hybridized carbons (Fsp3) is 0.292. The molecule has 1 aliphatic heterocycles. The third-order valence-electron chi connectivity index (χ3n) is 6.00. The molecule has 12 heteroatoms. The van der Waals surface area contributed by atoms with Gasteiger partial charge < -0.3 is 15.1 Å². The van der Waals surface area contributed by atoms with Crippen molar-refractivity contribution in [1.82, 2.24) is 9.88 Å². The Hall–Kier alpha value is -3.22. The monoisotopic (exact) mass is 525 g/mol. The Morgan fingerprint density at radius 2 is 1.72 bits per heavy atom. The number of rotatable bonds is 5. The van der Waals surface area contributed by atoms with Crippen LogP contribution in [-0.4, -0.2) is 60.9 Å². The number of alkyl halides is 3. The van der Waals surface area contributed by atoms with Gasteiger partial charge in [0, 0.05) is 44.2 Å². The molecule has 3 aromatic rings. The van der Waals surface area contributed by atoms with Gasteiger partial charge >= 0.3 is 6.18 Å². The quantitative estimate of drug-likeness (QED) is 0.489. The average Bonchev–Trinajstić information content (AvgIpc) is 2.82. The summed E-state index contributed by atoms with van der Waals surface area (Å²) >= 11 is 0. The molecule has 36 heavy (non-hydrogen) atoms. The fourth-order valence-electron chi connectivity index (χ4n) is 4.12. The van der Waals surface area contributed by atoms with Gasteiger partial charge in [-0.2, -0.15) is 13.2 Å². The summed E-state index contributed by atoms with van der Waals surface area (Å²) in [5.41, 5.74) is 0.126. The van der Waals surface area contributed by atoms with E-state index >= 15 is 0 Å². The minimum atomic E-state index is -4.63. The van der Waals surface area contributed by atoms with Gasteiger partial charge in [0.1, 0.15) is 12.0 Å². The number of hydrogen-bond donors (Lipinski definition) is 2. The maximum Gasteiger partial charge on any atom is 0.418 e. The number of halogens is 4. The van der Waals surface area contributed by atoms with E-state index < -0.39 is 39.4 Å². The maximum absolute atomic E-state index is 13.9. The topological polar surface area (TPSA) is 94.0 Å². The molecule has 0 spiro atoms. The Kier molecular flexibility index (Phi) is 6.95.